The number of hydrogen-bond acceptors (Lipinski definition) is 3. The molecule has 0 spiro atoms. The fourth-order valence-electron chi connectivity index (χ4n) is 2.26. The normalized spacial score (nSPS) is 16.2. The first-order valence-corrected chi connectivity index (χ1v) is 7.85. The second-order valence-corrected chi connectivity index (χ2v) is 5.63. The van der Waals surface area contributed by atoms with Crippen LogP contribution in [-0.4, -0.2) is 43.0 Å². The fraction of sp³-hybridized carbons (Fsp3) is 0.529. The summed E-state index contributed by atoms with van der Waals surface area (Å²) in [7, 11) is 0. The summed E-state index contributed by atoms with van der Waals surface area (Å²) < 4.78 is 5.25. The van der Waals surface area contributed by atoms with Gasteiger partial charge in [0.1, 0.15) is 0 Å². The molecule has 0 aromatic heterocycles. The van der Waals surface area contributed by atoms with Crippen molar-refractivity contribution in [1.82, 2.24) is 10.2 Å². The molecule has 0 aliphatic carbocycles. The van der Waals surface area contributed by atoms with Crippen LogP contribution < -0.4 is 5.32 Å². The van der Waals surface area contributed by atoms with Gasteiger partial charge in [-0.05, 0) is 24.1 Å². The average Bonchev–Trinajstić information content (AvgIpc) is 2.59. The van der Waals surface area contributed by atoms with E-state index in [-0.39, 0.29) is 17.7 Å². The van der Waals surface area contributed by atoms with Crippen molar-refractivity contribution >= 4 is 11.8 Å². The predicted molar refractivity (Wildman–Crippen MR) is 84.5 cm³/mol. The van der Waals surface area contributed by atoms with Gasteiger partial charge < -0.3 is 15.0 Å². The molecule has 1 saturated heterocycles. The molecule has 120 valence electrons. The summed E-state index contributed by atoms with van der Waals surface area (Å²) in [4.78, 5) is 25.9. The molecule has 1 aliphatic heterocycles. The summed E-state index contributed by atoms with van der Waals surface area (Å²) in [6.45, 7) is 6.90. The Morgan fingerprint density at radius 3 is 2.45 bits per heavy atom. The monoisotopic (exact) mass is 304 g/mol. The lowest BCUT2D eigenvalue weighted by Gasteiger charge is -2.26. The third-order valence-electron chi connectivity index (χ3n) is 4.03. The zero-order valence-corrected chi connectivity index (χ0v) is 13.3. The quantitative estimate of drug-likeness (QED) is 0.903. The largest absolute Gasteiger partial charge is 0.378 e. The molecule has 1 heterocycles. The molecule has 0 saturated carbocycles. The topological polar surface area (TPSA) is 58.6 Å². The first-order valence-electron chi connectivity index (χ1n) is 7.85. The van der Waals surface area contributed by atoms with Crippen molar-refractivity contribution in [3.63, 3.8) is 0 Å². The van der Waals surface area contributed by atoms with Crippen molar-refractivity contribution in [3.8, 4) is 0 Å². The molecule has 1 N–H and O–H groups in total. The highest BCUT2D eigenvalue weighted by Gasteiger charge is 2.18. The molecule has 2 rings (SSSR count). The summed E-state index contributed by atoms with van der Waals surface area (Å²) >= 11 is 0. The highest BCUT2D eigenvalue weighted by Crippen LogP contribution is 2.10. The molecule has 5 nitrogen and oxygen atoms in total. The van der Waals surface area contributed by atoms with Gasteiger partial charge in [0, 0.05) is 31.1 Å². The van der Waals surface area contributed by atoms with E-state index in [1.807, 2.05) is 43.0 Å². The van der Waals surface area contributed by atoms with Gasteiger partial charge in [0.15, 0.2) is 0 Å². The van der Waals surface area contributed by atoms with Crippen LogP contribution in [0.25, 0.3) is 0 Å². The summed E-state index contributed by atoms with van der Waals surface area (Å²) in [6, 6.07) is 7.43. The molecule has 1 fully saturated rings. The summed E-state index contributed by atoms with van der Waals surface area (Å²) in [5.41, 5.74) is 1.68. The van der Waals surface area contributed by atoms with Crippen molar-refractivity contribution in [2.24, 2.45) is 5.92 Å². The van der Waals surface area contributed by atoms with Gasteiger partial charge >= 0.3 is 0 Å². The molecule has 1 aliphatic rings. The second kappa shape index (κ2) is 7.94. The Morgan fingerprint density at radius 1 is 1.23 bits per heavy atom. The van der Waals surface area contributed by atoms with Crippen LogP contribution in [0.4, 0.5) is 0 Å². The van der Waals surface area contributed by atoms with Gasteiger partial charge in [-0.25, -0.2) is 0 Å². The van der Waals surface area contributed by atoms with Crippen LogP contribution in [0.15, 0.2) is 24.3 Å². The molecule has 5 heteroatoms. The zero-order valence-electron chi connectivity index (χ0n) is 13.3. The average molecular weight is 304 g/mol. The number of nitrogens with zero attached hydrogens (tertiary/aromatic N) is 1. The molecule has 1 aromatic carbocycles. The van der Waals surface area contributed by atoms with Crippen LogP contribution in [0.1, 0.15) is 36.2 Å². The van der Waals surface area contributed by atoms with Crippen molar-refractivity contribution in [2.75, 3.05) is 26.3 Å². The minimum atomic E-state index is 0.0298. The fourth-order valence-corrected chi connectivity index (χ4v) is 2.26. The van der Waals surface area contributed by atoms with E-state index in [1.54, 1.807) is 0 Å². The SMILES string of the molecule is CCC(C)C(=O)NCc1ccc(C(=O)N2CCOCC2)cc1. The molecular weight excluding hydrogens is 280 g/mol. The van der Waals surface area contributed by atoms with Crippen LogP contribution in [0.2, 0.25) is 0 Å². The summed E-state index contributed by atoms with van der Waals surface area (Å²) in [5.74, 6) is 0.136. The van der Waals surface area contributed by atoms with Crippen LogP contribution >= 0.6 is 0 Å². The highest BCUT2D eigenvalue weighted by molar-refractivity contribution is 5.94. The number of carbonyl (C=O) groups is 2. The lowest BCUT2D eigenvalue weighted by Crippen LogP contribution is -2.40. The number of carbonyl (C=O) groups excluding carboxylic acids is 2. The predicted octanol–water partition coefficient (Wildman–Crippen LogP) is 1.82. The van der Waals surface area contributed by atoms with E-state index >= 15 is 0 Å². The van der Waals surface area contributed by atoms with Crippen LogP contribution in [0.3, 0.4) is 0 Å². The Morgan fingerprint density at radius 2 is 1.86 bits per heavy atom. The maximum absolute atomic E-state index is 12.3. The molecule has 0 radical (unpaired) electrons. The Hall–Kier alpha value is -1.88. The van der Waals surface area contributed by atoms with E-state index < -0.39 is 0 Å². The van der Waals surface area contributed by atoms with Crippen molar-refractivity contribution in [1.29, 1.82) is 0 Å². The Labute approximate surface area is 131 Å². The minimum Gasteiger partial charge on any atom is -0.378 e. The molecule has 1 atom stereocenters. The highest BCUT2D eigenvalue weighted by atomic mass is 16.5. The number of morpholine rings is 1. The second-order valence-electron chi connectivity index (χ2n) is 5.63. The smallest absolute Gasteiger partial charge is 0.254 e. The van der Waals surface area contributed by atoms with E-state index in [2.05, 4.69) is 5.32 Å². The van der Waals surface area contributed by atoms with E-state index in [4.69, 9.17) is 4.74 Å². The molecule has 1 unspecified atom stereocenters. The van der Waals surface area contributed by atoms with E-state index in [0.29, 0.717) is 38.4 Å². The van der Waals surface area contributed by atoms with Gasteiger partial charge in [-0.2, -0.15) is 0 Å². The standard InChI is InChI=1S/C17H24N2O3/c1-3-13(2)16(20)18-12-14-4-6-15(7-5-14)17(21)19-8-10-22-11-9-19/h4-7,13H,3,8-12H2,1-2H3,(H,18,20). The van der Waals surface area contributed by atoms with E-state index in [9.17, 15) is 9.59 Å². The maximum atomic E-state index is 12.3. The lowest BCUT2D eigenvalue weighted by molar-refractivity contribution is -0.124. The van der Waals surface area contributed by atoms with Gasteiger partial charge in [0.05, 0.1) is 13.2 Å². The first-order chi connectivity index (χ1) is 10.6. The molecular formula is C17H24N2O3. The summed E-state index contributed by atoms with van der Waals surface area (Å²) in [5, 5.41) is 2.91. The van der Waals surface area contributed by atoms with Gasteiger partial charge in [0.2, 0.25) is 5.91 Å². The minimum absolute atomic E-state index is 0.0298. The van der Waals surface area contributed by atoms with Gasteiger partial charge in [-0.1, -0.05) is 26.0 Å². The van der Waals surface area contributed by atoms with Crippen molar-refractivity contribution in [2.45, 2.75) is 26.8 Å². The van der Waals surface area contributed by atoms with Crippen LogP contribution in [0, 0.1) is 5.92 Å². The van der Waals surface area contributed by atoms with Gasteiger partial charge in [-0.15, -0.1) is 0 Å². The maximum Gasteiger partial charge on any atom is 0.254 e. The molecule has 0 bridgehead atoms. The molecule has 1 aromatic rings. The van der Waals surface area contributed by atoms with Crippen molar-refractivity contribution < 1.29 is 14.3 Å². The van der Waals surface area contributed by atoms with Gasteiger partial charge in [-0.3, -0.25) is 9.59 Å². The first kappa shape index (κ1) is 16.5. The number of benzene rings is 1. The Bertz CT molecular complexity index is 507. The Balaban J connectivity index is 1.89. The lowest BCUT2D eigenvalue weighted by atomic mass is 10.1. The number of hydrogen-bond donors (Lipinski definition) is 1. The third kappa shape index (κ3) is 4.31. The van der Waals surface area contributed by atoms with Crippen LogP contribution in [0.5, 0.6) is 0 Å². The van der Waals surface area contributed by atoms with E-state index in [0.717, 1.165) is 12.0 Å². The number of nitrogens with one attached hydrogen (secondary N) is 1. The zero-order chi connectivity index (χ0) is 15.9. The number of rotatable bonds is 5. The molecule has 2 amide bonds. The van der Waals surface area contributed by atoms with Crippen molar-refractivity contribution in [3.05, 3.63) is 35.4 Å². The third-order valence-corrected chi connectivity index (χ3v) is 4.03. The Kier molecular flexibility index (Phi) is 5.95. The number of ether oxygens (including phenoxy) is 1. The molecule has 22 heavy (non-hydrogen) atoms. The summed E-state index contributed by atoms with van der Waals surface area (Å²) in [6.07, 6.45) is 0.832. The number of amides is 2. The van der Waals surface area contributed by atoms with Crippen LogP contribution in [-0.2, 0) is 16.1 Å². The van der Waals surface area contributed by atoms with Gasteiger partial charge in [0.25, 0.3) is 5.91 Å². The van der Waals surface area contributed by atoms with E-state index in [1.165, 1.54) is 0 Å².